The smallest absolute Gasteiger partial charge is 0.0480 e. The molecule has 2 heteroatoms. The van der Waals surface area contributed by atoms with Crippen molar-refractivity contribution in [3.8, 4) is 0 Å². The first-order valence-corrected chi connectivity index (χ1v) is 6.97. The molecule has 1 fully saturated rings. The summed E-state index contributed by atoms with van der Waals surface area (Å²) in [5.74, 6) is 0.921. The number of anilines is 1. The number of benzene rings is 1. The van der Waals surface area contributed by atoms with Crippen LogP contribution in [-0.2, 0) is 0 Å². The second-order valence-electron chi connectivity index (χ2n) is 4.20. The van der Waals surface area contributed by atoms with Crippen LogP contribution >= 0.6 is 11.8 Å². The molecule has 0 saturated heterocycles. The van der Waals surface area contributed by atoms with Crippen LogP contribution in [0, 0.1) is 5.92 Å². The second kappa shape index (κ2) is 4.93. The van der Waals surface area contributed by atoms with Crippen LogP contribution < -0.4 is 5.32 Å². The summed E-state index contributed by atoms with van der Waals surface area (Å²) in [4.78, 5) is 1.36. The highest BCUT2D eigenvalue weighted by Crippen LogP contribution is 2.36. The summed E-state index contributed by atoms with van der Waals surface area (Å²) in [5, 5.41) is 3.69. The molecule has 0 bridgehead atoms. The van der Waals surface area contributed by atoms with E-state index >= 15 is 0 Å². The van der Waals surface area contributed by atoms with Crippen LogP contribution in [0.1, 0.15) is 26.2 Å². The molecule has 1 aromatic rings. The fourth-order valence-corrected chi connectivity index (χ4v) is 2.58. The molecule has 1 aromatic carbocycles. The van der Waals surface area contributed by atoms with E-state index in [1.54, 1.807) is 0 Å². The maximum atomic E-state index is 3.69. The maximum absolute atomic E-state index is 3.69. The molecular weight excluding hydrogens is 202 g/mol. The lowest BCUT2D eigenvalue weighted by Gasteiger charge is -2.19. The average Bonchev–Trinajstić information content (AvgIpc) is 3.10. The summed E-state index contributed by atoms with van der Waals surface area (Å²) in [5.41, 5.74) is 1.31. The topological polar surface area (TPSA) is 12.0 Å². The lowest BCUT2D eigenvalue weighted by atomic mass is 10.1. The maximum Gasteiger partial charge on any atom is 0.0480 e. The monoisotopic (exact) mass is 221 g/mol. The minimum atomic E-state index is 0.679. The molecule has 1 nitrogen and oxygen atoms in total. The molecule has 2 rings (SSSR count). The van der Waals surface area contributed by atoms with Gasteiger partial charge in [-0.1, -0.05) is 19.1 Å². The van der Waals surface area contributed by atoms with Crippen molar-refractivity contribution < 1.29 is 0 Å². The summed E-state index contributed by atoms with van der Waals surface area (Å²) in [6, 6.07) is 9.28. The number of nitrogens with one attached hydrogen (secondary N) is 1. The molecule has 0 spiro atoms. The van der Waals surface area contributed by atoms with Crippen molar-refractivity contribution in [2.75, 3.05) is 11.6 Å². The zero-order valence-corrected chi connectivity index (χ0v) is 10.3. The van der Waals surface area contributed by atoms with Gasteiger partial charge in [0.2, 0.25) is 0 Å². The van der Waals surface area contributed by atoms with Gasteiger partial charge in [-0.25, -0.2) is 0 Å². The minimum absolute atomic E-state index is 0.679. The van der Waals surface area contributed by atoms with Crippen molar-refractivity contribution in [2.45, 2.75) is 37.1 Å². The van der Waals surface area contributed by atoms with Crippen molar-refractivity contribution >= 4 is 17.4 Å². The quantitative estimate of drug-likeness (QED) is 0.754. The van der Waals surface area contributed by atoms with Gasteiger partial charge >= 0.3 is 0 Å². The van der Waals surface area contributed by atoms with Gasteiger partial charge in [0.25, 0.3) is 0 Å². The molecule has 0 aromatic heterocycles. The third-order valence-corrected chi connectivity index (χ3v) is 3.87. The molecule has 1 unspecified atom stereocenters. The van der Waals surface area contributed by atoms with Crippen LogP contribution in [0.25, 0.3) is 0 Å². The summed E-state index contributed by atoms with van der Waals surface area (Å²) in [7, 11) is 0. The van der Waals surface area contributed by atoms with Gasteiger partial charge < -0.3 is 5.32 Å². The zero-order valence-electron chi connectivity index (χ0n) is 9.49. The van der Waals surface area contributed by atoms with Gasteiger partial charge in [0.15, 0.2) is 0 Å². The van der Waals surface area contributed by atoms with Crippen molar-refractivity contribution in [3.05, 3.63) is 24.3 Å². The van der Waals surface area contributed by atoms with Gasteiger partial charge in [-0.2, -0.15) is 0 Å². The van der Waals surface area contributed by atoms with E-state index in [1.807, 2.05) is 11.8 Å². The van der Waals surface area contributed by atoms with Crippen LogP contribution in [-0.4, -0.2) is 12.3 Å². The van der Waals surface area contributed by atoms with Crippen LogP contribution in [0.5, 0.6) is 0 Å². The Morgan fingerprint density at radius 3 is 2.73 bits per heavy atom. The van der Waals surface area contributed by atoms with Crippen molar-refractivity contribution in [1.82, 2.24) is 0 Å². The Bertz CT molecular complexity index is 320. The Labute approximate surface area is 96.7 Å². The van der Waals surface area contributed by atoms with Crippen molar-refractivity contribution in [1.29, 1.82) is 0 Å². The highest BCUT2D eigenvalue weighted by molar-refractivity contribution is 7.98. The van der Waals surface area contributed by atoms with E-state index in [9.17, 15) is 0 Å². The van der Waals surface area contributed by atoms with Crippen molar-refractivity contribution in [2.24, 2.45) is 5.92 Å². The van der Waals surface area contributed by atoms with E-state index in [-0.39, 0.29) is 0 Å². The van der Waals surface area contributed by atoms with Gasteiger partial charge in [0.05, 0.1) is 0 Å². The Balaban J connectivity index is 2.07. The Morgan fingerprint density at radius 1 is 1.40 bits per heavy atom. The van der Waals surface area contributed by atoms with Gasteiger partial charge in [-0.05, 0) is 43.6 Å². The highest BCUT2D eigenvalue weighted by atomic mass is 32.2. The van der Waals surface area contributed by atoms with E-state index in [0.717, 1.165) is 5.92 Å². The van der Waals surface area contributed by atoms with Gasteiger partial charge in [-0.15, -0.1) is 11.8 Å². The normalized spacial score (nSPS) is 17.5. The lowest BCUT2D eigenvalue weighted by Crippen LogP contribution is -2.20. The molecule has 0 aliphatic heterocycles. The first kappa shape index (κ1) is 10.9. The largest absolute Gasteiger partial charge is 0.381 e. The number of rotatable bonds is 5. The Kier molecular flexibility index (Phi) is 3.57. The number of thioether (sulfide) groups is 1. The van der Waals surface area contributed by atoms with E-state index in [4.69, 9.17) is 0 Å². The molecule has 0 heterocycles. The van der Waals surface area contributed by atoms with Crippen LogP contribution in [0.3, 0.4) is 0 Å². The summed E-state index contributed by atoms with van der Waals surface area (Å²) in [6.45, 7) is 2.28. The third kappa shape index (κ3) is 2.69. The van der Waals surface area contributed by atoms with E-state index < -0.39 is 0 Å². The van der Waals surface area contributed by atoms with E-state index in [2.05, 4.69) is 42.8 Å². The van der Waals surface area contributed by atoms with Crippen LogP contribution in [0.15, 0.2) is 29.2 Å². The third-order valence-electron chi connectivity index (χ3n) is 3.08. The predicted molar refractivity (Wildman–Crippen MR) is 68.6 cm³/mol. The molecule has 82 valence electrons. The van der Waals surface area contributed by atoms with Gasteiger partial charge in [-0.3, -0.25) is 0 Å². The molecule has 0 amide bonds. The average molecular weight is 221 g/mol. The second-order valence-corrected chi connectivity index (χ2v) is 5.04. The molecule has 1 N–H and O–H groups in total. The van der Waals surface area contributed by atoms with E-state index in [1.165, 1.54) is 29.8 Å². The van der Waals surface area contributed by atoms with Gasteiger partial charge in [0, 0.05) is 16.6 Å². The van der Waals surface area contributed by atoms with E-state index in [0.29, 0.717) is 6.04 Å². The Hall–Kier alpha value is -0.630. The van der Waals surface area contributed by atoms with Crippen LogP contribution in [0.2, 0.25) is 0 Å². The fraction of sp³-hybridized carbons (Fsp3) is 0.538. The number of hydrogen-bond donors (Lipinski definition) is 1. The SMILES string of the molecule is CCC(Nc1ccccc1SC)C1CC1. The zero-order chi connectivity index (χ0) is 10.7. The highest BCUT2D eigenvalue weighted by Gasteiger charge is 2.29. The molecule has 15 heavy (non-hydrogen) atoms. The fourth-order valence-electron chi connectivity index (χ4n) is 2.02. The molecule has 1 saturated carbocycles. The molecule has 1 atom stereocenters. The number of para-hydroxylation sites is 1. The summed E-state index contributed by atoms with van der Waals surface area (Å²) < 4.78 is 0. The molecule has 1 aliphatic carbocycles. The summed E-state index contributed by atoms with van der Waals surface area (Å²) >= 11 is 1.82. The molecule has 0 radical (unpaired) electrons. The lowest BCUT2D eigenvalue weighted by molar-refractivity contribution is 0.615. The Morgan fingerprint density at radius 2 is 2.13 bits per heavy atom. The van der Waals surface area contributed by atoms with Crippen molar-refractivity contribution in [3.63, 3.8) is 0 Å². The standard InChI is InChI=1S/C13H19NS/c1-3-11(10-8-9-10)14-12-6-4-5-7-13(12)15-2/h4-7,10-11,14H,3,8-9H2,1-2H3. The first-order chi connectivity index (χ1) is 7.35. The minimum Gasteiger partial charge on any atom is -0.381 e. The predicted octanol–water partition coefficient (Wildman–Crippen LogP) is 4.01. The number of hydrogen-bond acceptors (Lipinski definition) is 2. The first-order valence-electron chi connectivity index (χ1n) is 5.74. The van der Waals surface area contributed by atoms with Crippen LogP contribution in [0.4, 0.5) is 5.69 Å². The van der Waals surface area contributed by atoms with Gasteiger partial charge in [0.1, 0.15) is 0 Å². The molecule has 1 aliphatic rings. The molecular formula is C13H19NS. The summed E-state index contributed by atoms with van der Waals surface area (Å²) in [6.07, 6.45) is 6.19.